The highest BCUT2D eigenvalue weighted by atomic mass is 19.1. The quantitative estimate of drug-likeness (QED) is 0.598. The average molecular weight is 165 g/mol. The number of nitrogens with two attached hydrogens (primary N) is 1. The Morgan fingerprint density at radius 1 is 1.50 bits per heavy atom. The van der Waals surface area contributed by atoms with Gasteiger partial charge in [-0.1, -0.05) is 0 Å². The fourth-order valence-corrected chi connectivity index (χ4v) is 1.18. The van der Waals surface area contributed by atoms with Crippen molar-refractivity contribution >= 4 is 16.6 Å². The summed E-state index contributed by atoms with van der Waals surface area (Å²) in [6, 6.07) is 2.92. The Balaban J connectivity index is 2.83. The van der Waals surface area contributed by atoms with Gasteiger partial charge in [-0.2, -0.15) is 5.10 Å². The molecule has 1 aromatic heterocycles. The van der Waals surface area contributed by atoms with E-state index in [-0.39, 0.29) is 5.69 Å². The number of hydrogen-bond acceptors (Lipinski definition) is 2. The number of rotatable bonds is 0. The van der Waals surface area contributed by atoms with Crippen molar-refractivity contribution < 1.29 is 4.39 Å². The molecule has 0 saturated carbocycles. The number of nitrogens with zero attached hydrogens (tertiary/aromatic N) is 2. The second kappa shape index (κ2) is 2.20. The van der Waals surface area contributed by atoms with Crippen LogP contribution in [0.25, 0.3) is 10.9 Å². The molecule has 2 aromatic rings. The first-order valence-electron chi connectivity index (χ1n) is 3.55. The molecule has 0 aliphatic rings. The van der Waals surface area contributed by atoms with Crippen molar-refractivity contribution in [3.63, 3.8) is 0 Å². The fourth-order valence-electron chi connectivity index (χ4n) is 1.18. The molecule has 0 fully saturated rings. The predicted molar refractivity (Wildman–Crippen MR) is 45.1 cm³/mol. The van der Waals surface area contributed by atoms with Crippen LogP contribution in [0.5, 0.6) is 0 Å². The number of halogens is 1. The lowest BCUT2D eigenvalue weighted by Gasteiger charge is -1.93. The van der Waals surface area contributed by atoms with Crippen LogP contribution in [-0.2, 0) is 7.05 Å². The molecule has 0 amide bonds. The van der Waals surface area contributed by atoms with Crippen molar-refractivity contribution in [2.75, 3.05) is 5.73 Å². The van der Waals surface area contributed by atoms with Gasteiger partial charge in [0.15, 0.2) is 0 Å². The van der Waals surface area contributed by atoms with Gasteiger partial charge >= 0.3 is 0 Å². The van der Waals surface area contributed by atoms with E-state index >= 15 is 0 Å². The Hall–Kier alpha value is -1.58. The molecule has 0 radical (unpaired) electrons. The summed E-state index contributed by atoms with van der Waals surface area (Å²) in [7, 11) is 1.79. The smallest absolute Gasteiger partial charge is 0.146 e. The molecule has 0 aliphatic heterocycles. The molecule has 2 rings (SSSR count). The Morgan fingerprint density at radius 3 is 3.00 bits per heavy atom. The summed E-state index contributed by atoms with van der Waals surface area (Å²) in [5.74, 6) is -0.393. The lowest BCUT2D eigenvalue weighted by atomic mass is 10.2. The summed E-state index contributed by atoms with van der Waals surface area (Å²) in [5.41, 5.74) is 6.23. The van der Waals surface area contributed by atoms with Crippen molar-refractivity contribution in [1.82, 2.24) is 9.78 Å². The molecule has 0 aliphatic carbocycles. The molecule has 0 saturated heterocycles. The Labute approximate surface area is 68.6 Å². The molecule has 1 heterocycles. The predicted octanol–water partition coefficient (Wildman–Crippen LogP) is 1.29. The summed E-state index contributed by atoms with van der Waals surface area (Å²) in [4.78, 5) is 0. The molecular formula is C8H8FN3. The maximum Gasteiger partial charge on any atom is 0.146 e. The maximum atomic E-state index is 12.9. The molecule has 0 unspecified atom stereocenters. The first-order chi connectivity index (χ1) is 5.66. The van der Waals surface area contributed by atoms with Crippen LogP contribution in [0.15, 0.2) is 18.3 Å². The summed E-state index contributed by atoms with van der Waals surface area (Å²) < 4.78 is 14.5. The number of aryl methyl sites for hydroxylation is 1. The summed E-state index contributed by atoms with van der Waals surface area (Å²) in [6.07, 6.45) is 1.75. The minimum atomic E-state index is -0.393. The van der Waals surface area contributed by atoms with Gasteiger partial charge in [0.2, 0.25) is 0 Å². The van der Waals surface area contributed by atoms with Gasteiger partial charge in [-0.25, -0.2) is 4.39 Å². The van der Waals surface area contributed by atoms with Crippen molar-refractivity contribution in [1.29, 1.82) is 0 Å². The van der Waals surface area contributed by atoms with Crippen LogP contribution in [-0.4, -0.2) is 9.78 Å². The molecule has 2 N–H and O–H groups in total. The maximum absolute atomic E-state index is 12.9. The zero-order valence-corrected chi connectivity index (χ0v) is 6.58. The molecule has 0 bridgehead atoms. The van der Waals surface area contributed by atoms with E-state index < -0.39 is 5.82 Å². The highest BCUT2D eigenvalue weighted by Crippen LogP contribution is 2.18. The van der Waals surface area contributed by atoms with E-state index in [1.54, 1.807) is 17.9 Å². The second-order valence-electron chi connectivity index (χ2n) is 2.74. The van der Waals surface area contributed by atoms with Crippen molar-refractivity contribution in [2.24, 2.45) is 7.05 Å². The normalized spacial score (nSPS) is 10.8. The zero-order valence-electron chi connectivity index (χ0n) is 6.58. The van der Waals surface area contributed by atoms with Gasteiger partial charge in [-0.3, -0.25) is 4.68 Å². The average Bonchev–Trinajstić information content (AvgIpc) is 2.30. The van der Waals surface area contributed by atoms with E-state index in [4.69, 9.17) is 5.73 Å². The first-order valence-corrected chi connectivity index (χ1v) is 3.55. The second-order valence-corrected chi connectivity index (χ2v) is 2.74. The third kappa shape index (κ3) is 0.922. The van der Waals surface area contributed by atoms with Crippen LogP contribution in [0.1, 0.15) is 0 Å². The fraction of sp³-hybridized carbons (Fsp3) is 0.125. The minimum absolute atomic E-state index is 0.140. The van der Waals surface area contributed by atoms with E-state index in [2.05, 4.69) is 5.10 Å². The number of fused-ring (bicyclic) bond motifs is 1. The molecular weight excluding hydrogens is 157 g/mol. The van der Waals surface area contributed by atoms with Gasteiger partial charge in [-0.15, -0.1) is 0 Å². The number of aromatic nitrogens is 2. The lowest BCUT2D eigenvalue weighted by molar-refractivity contribution is 0.634. The van der Waals surface area contributed by atoms with E-state index in [1.165, 1.54) is 12.1 Å². The third-order valence-corrected chi connectivity index (χ3v) is 1.74. The van der Waals surface area contributed by atoms with Crippen LogP contribution in [0, 0.1) is 5.82 Å². The number of anilines is 1. The van der Waals surface area contributed by atoms with E-state index in [0.717, 1.165) is 10.9 Å². The van der Waals surface area contributed by atoms with Crippen LogP contribution in [0.4, 0.5) is 10.1 Å². The van der Waals surface area contributed by atoms with E-state index in [0.29, 0.717) is 0 Å². The summed E-state index contributed by atoms with van der Waals surface area (Å²) in [5, 5.41) is 4.85. The molecule has 4 heteroatoms. The third-order valence-electron chi connectivity index (χ3n) is 1.74. The summed E-state index contributed by atoms with van der Waals surface area (Å²) >= 11 is 0. The minimum Gasteiger partial charge on any atom is -0.396 e. The molecule has 0 atom stereocenters. The van der Waals surface area contributed by atoms with Crippen molar-refractivity contribution in [3.8, 4) is 0 Å². The van der Waals surface area contributed by atoms with Gasteiger partial charge in [0.1, 0.15) is 5.82 Å². The summed E-state index contributed by atoms with van der Waals surface area (Å²) in [6.45, 7) is 0. The Bertz CT molecular complexity index is 394. The van der Waals surface area contributed by atoms with Crippen LogP contribution in [0.2, 0.25) is 0 Å². The zero-order chi connectivity index (χ0) is 8.72. The van der Waals surface area contributed by atoms with Crippen molar-refractivity contribution in [2.45, 2.75) is 0 Å². The van der Waals surface area contributed by atoms with Crippen LogP contribution >= 0.6 is 0 Å². The van der Waals surface area contributed by atoms with Gasteiger partial charge in [0.25, 0.3) is 0 Å². The van der Waals surface area contributed by atoms with Gasteiger partial charge in [0.05, 0.1) is 11.2 Å². The molecule has 62 valence electrons. The number of nitrogen functional groups attached to an aromatic ring is 1. The molecule has 3 nitrogen and oxygen atoms in total. The van der Waals surface area contributed by atoms with E-state index in [9.17, 15) is 4.39 Å². The number of benzene rings is 1. The van der Waals surface area contributed by atoms with Crippen LogP contribution in [0.3, 0.4) is 0 Å². The molecule has 0 spiro atoms. The molecule has 1 aromatic carbocycles. The van der Waals surface area contributed by atoms with E-state index in [1.807, 2.05) is 0 Å². The lowest BCUT2D eigenvalue weighted by Crippen LogP contribution is -1.89. The first kappa shape index (κ1) is 7.09. The Morgan fingerprint density at radius 2 is 2.25 bits per heavy atom. The highest BCUT2D eigenvalue weighted by Gasteiger charge is 2.03. The molecule has 12 heavy (non-hydrogen) atoms. The van der Waals surface area contributed by atoms with Gasteiger partial charge in [-0.05, 0) is 12.1 Å². The van der Waals surface area contributed by atoms with Gasteiger partial charge in [0, 0.05) is 18.6 Å². The standard InChI is InChI=1S/C8H8FN3/c1-12-4-5-2-6(9)7(10)3-8(5)11-12/h2-4H,10H2,1H3. The monoisotopic (exact) mass is 165 g/mol. The van der Waals surface area contributed by atoms with Gasteiger partial charge < -0.3 is 5.73 Å². The highest BCUT2D eigenvalue weighted by molar-refractivity contribution is 5.81. The Kier molecular flexibility index (Phi) is 1.30. The largest absolute Gasteiger partial charge is 0.396 e. The number of hydrogen-bond donors (Lipinski definition) is 1. The SMILES string of the molecule is Cn1cc2cc(F)c(N)cc2n1. The topological polar surface area (TPSA) is 43.8 Å². The van der Waals surface area contributed by atoms with Crippen LogP contribution < -0.4 is 5.73 Å². The van der Waals surface area contributed by atoms with Crippen molar-refractivity contribution in [3.05, 3.63) is 24.1 Å².